The smallest absolute Gasteiger partial charge is 0.341 e. The van der Waals surface area contributed by atoms with E-state index in [-0.39, 0.29) is 12.0 Å². The van der Waals surface area contributed by atoms with Gasteiger partial charge in [0, 0.05) is 12.1 Å². The summed E-state index contributed by atoms with van der Waals surface area (Å²) in [4.78, 5) is 21.2. The Balaban J connectivity index is 1.93. The zero-order valence-electron chi connectivity index (χ0n) is 12.6. The second-order valence-electron chi connectivity index (χ2n) is 6.00. The Morgan fingerprint density at radius 2 is 2.05 bits per heavy atom. The third kappa shape index (κ3) is 3.07. The van der Waals surface area contributed by atoms with Gasteiger partial charge in [-0.25, -0.2) is 14.8 Å². The first-order valence-corrected chi connectivity index (χ1v) is 7.98. The van der Waals surface area contributed by atoms with Crippen molar-refractivity contribution in [3.63, 3.8) is 0 Å². The van der Waals surface area contributed by atoms with Crippen LogP contribution in [-0.4, -0.2) is 29.6 Å². The number of esters is 1. The van der Waals surface area contributed by atoms with Gasteiger partial charge in [0.2, 0.25) is 0 Å². The van der Waals surface area contributed by atoms with Crippen molar-refractivity contribution in [3.8, 4) is 0 Å². The average Bonchev–Trinajstić information content (AvgIpc) is 3.09. The van der Waals surface area contributed by atoms with Crippen molar-refractivity contribution in [1.29, 1.82) is 0 Å². The Bertz CT molecular complexity index is 506. The molecule has 21 heavy (non-hydrogen) atoms. The molecule has 1 saturated heterocycles. The maximum atomic E-state index is 11.9. The van der Waals surface area contributed by atoms with Crippen LogP contribution in [0.1, 0.15) is 78.8 Å². The minimum atomic E-state index is -0.339. The number of methoxy groups -OCH3 is 1. The van der Waals surface area contributed by atoms with Crippen molar-refractivity contribution in [3.05, 3.63) is 23.3 Å². The first-order chi connectivity index (χ1) is 10.3. The second-order valence-corrected chi connectivity index (χ2v) is 6.00. The van der Waals surface area contributed by atoms with E-state index in [4.69, 9.17) is 9.72 Å². The van der Waals surface area contributed by atoms with Crippen LogP contribution < -0.4 is 5.32 Å². The van der Waals surface area contributed by atoms with Gasteiger partial charge in [-0.1, -0.05) is 19.3 Å². The molecule has 1 aromatic rings. The fraction of sp³-hybridized carbons (Fsp3) is 0.688. The summed E-state index contributed by atoms with van der Waals surface area (Å²) in [6, 6.07) is 0.157. The van der Waals surface area contributed by atoms with Crippen LogP contribution in [0.4, 0.5) is 0 Å². The van der Waals surface area contributed by atoms with E-state index in [1.807, 2.05) is 0 Å². The van der Waals surface area contributed by atoms with Gasteiger partial charge in [0.25, 0.3) is 0 Å². The van der Waals surface area contributed by atoms with Gasteiger partial charge in [-0.3, -0.25) is 0 Å². The number of carbonyl (C=O) groups is 1. The lowest BCUT2D eigenvalue weighted by molar-refractivity contribution is 0.0597. The first-order valence-electron chi connectivity index (χ1n) is 7.98. The lowest BCUT2D eigenvalue weighted by Gasteiger charge is -2.22. The van der Waals surface area contributed by atoms with Gasteiger partial charge in [-0.2, -0.15) is 0 Å². The molecule has 5 heteroatoms. The third-order valence-corrected chi connectivity index (χ3v) is 4.60. The maximum Gasteiger partial charge on any atom is 0.341 e. The Labute approximate surface area is 125 Å². The van der Waals surface area contributed by atoms with Crippen LogP contribution in [0.25, 0.3) is 0 Å². The minimum Gasteiger partial charge on any atom is -0.465 e. The molecule has 2 aliphatic rings. The zero-order chi connectivity index (χ0) is 14.7. The van der Waals surface area contributed by atoms with Crippen molar-refractivity contribution < 1.29 is 9.53 Å². The van der Waals surface area contributed by atoms with Gasteiger partial charge >= 0.3 is 5.97 Å². The molecule has 1 aliphatic carbocycles. The van der Waals surface area contributed by atoms with Crippen LogP contribution in [0.5, 0.6) is 0 Å². The predicted octanol–water partition coefficient (Wildman–Crippen LogP) is 2.74. The molecule has 1 aromatic heterocycles. The number of rotatable bonds is 3. The Hall–Kier alpha value is -1.49. The summed E-state index contributed by atoms with van der Waals surface area (Å²) in [6.45, 7) is 0.980. The summed E-state index contributed by atoms with van der Waals surface area (Å²) < 4.78 is 4.88. The standard InChI is InChI=1S/C16H23N3O2/c1-21-16(20)12-10-18-15(11-6-3-2-4-7-11)19-14(12)13-8-5-9-17-13/h10-11,13,17H,2-9H2,1H3. The molecule has 1 atom stereocenters. The Morgan fingerprint density at radius 1 is 1.24 bits per heavy atom. The number of nitrogens with zero attached hydrogens (tertiary/aromatic N) is 2. The molecular weight excluding hydrogens is 266 g/mol. The average molecular weight is 289 g/mol. The van der Waals surface area contributed by atoms with Crippen LogP contribution in [0.15, 0.2) is 6.20 Å². The van der Waals surface area contributed by atoms with E-state index in [9.17, 15) is 4.79 Å². The minimum absolute atomic E-state index is 0.157. The highest BCUT2D eigenvalue weighted by Crippen LogP contribution is 2.32. The van der Waals surface area contributed by atoms with Crippen molar-refractivity contribution in [1.82, 2.24) is 15.3 Å². The fourth-order valence-electron chi connectivity index (χ4n) is 3.42. The number of ether oxygens (including phenoxy) is 1. The normalized spacial score (nSPS) is 23.2. The van der Waals surface area contributed by atoms with E-state index in [1.165, 1.54) is 26.4 Å². The highest BCUT2D eigenvalue weighted by Gasteiger charge is 2.27. The molecule has 1 unspecified atom stereocenters. The fourth-order valence-corrected chi connectivity index (χ4v) is 3.42. The van der Waals surface area contributed by atoms with Crippen LogP contribution in [0.3, 0.4) is 0 Å². The first kappa shape index (κ1) is 14.4. The lowest BCUT2D eigenvalue weighted by atomic mass is 9.88. The molecule has 1 saturated carbocycles. The van der Waals surface area contributed by atoms with Gasteiger partial charge < -0.3 is 10.1 Å². The maximum absolute atomic E-state index is 11.9. The van der Waals surface area contributed by atoms with Crippen molar-refractivity contribution >= 4 is 5.97 Å². The molecule has 0 amide bonds. The molecule has 0 radical (unpaired) electrons. The second kappa shape index (κ2) is 6.52. The molecule has 2 fully saturated rings. The van der Waals surface area contributed by atoms with Crippen LogP contribution in [0.2, 0.25) is 0 Å². The summed E-state index contributed by atoms with van der Waals surface area (Å²) in [5, 5.41) is 3.42. The quantitative estimate of drug-likeness (QED) is 0.867. The molecular formula is C16H23N3O2. The number of hydrogen-bond donors (Lipinski definition) is 1. The van der Waals surface area contributed by atoms with Crippen LogP contribution in [-0.2, 0) is 4.74 Å². The summed E-state index contributed by atoms with van der Waals surface area (Å²) in [7, 11) is 1.41. The highest BCUT2D eigenvalue weighted by atomic mass is 16.5. The number of hydrogen-bond acceptors (Lipinski definition) is 5. The van der Waals surface area contributed by atoms with Crippen LogP contribution in [0, 0.1) is 0 Å². The molecule has 1 N–H and O–H groups in total. The molecule has 2 heterocycles. The van der Waals surface area contributed by atoms with E-state index in [0.29, 0.717) is 11.5 Å². The number of aromatic nitrogens is 2. The van der Waals surface area contributed by atoms with E-state index in [2.05, 4.69) is 10.3 Å². The summed E-state index contributed by atoms with van der Waals surface area (Å²) in [6.07, 6.45) is 9.95. The zero-order valence-corrected chi connectivity index (χ0v) is 12.6. The molecule has 0 spiro atoms. The summed E-state index contributed by atoms with van der Waals surface area (Å²) >= 11 is 0. The number of nitrogens with one attached hydrogen (secondary N) is 1. The summed E-state index contributed by atoms with van der Waals surface area (Å²) in [5.74, 6) is 1.02. The highest BCUT2D eigenvalue weighted by molar-refractivity contribution is 5.90. The van der Waals surface area contributed by atoms with Crippen LogP contribution >= 0.6 is 0 Å². The van der Waals surface area contributed by atoms with E-state index in [0.717, 1.165) is 43.7 Å². The van der Waals surface area contributed by atoms with Crippen molar-refractivity contribution in [2.24, 2.45) is 0 Å². The Kier molecular flexibility index (Phi) is 4.48. The molecule has 0 aromatic carbocycles. The predicted molar refractivity (Wildman–Crippen MR) is 79.2 cm³/mol. The van der Waals surface area contributed by atoms with Gasteiger partial charge in [0.15, 0.2) is 0 Å². The Morgan fingerprint density at radius 3 is 2.71 bits per heavy atom. The molecule has 0 bridgehead atoms. The molecule has 114 valence electrons. The largest absolute Gasteiger partial charge is 0.465 e. The van der Waals surface area contributed by atoms with Crippen molar-refractivity contribution in [2.75, 3.05) is 13.7 Å². The topological polar surface area (TPSA) is 64.1 Å². The van der Waals surface area contributed by atoms with Crippen molar-refractivity contribution in [2.45, 2.75) is 56.9 Å². The molecule has 1 aliphatic heterocycles. The van der Waals surface area contributed by atoms with E-state index < -0.39 is 0 Å². The summed E-state index contributed by atoms with van der Waals surface area (Å²) in [5.41, 5.74) is 1.34. The van der Waals surface area contributed by atoms with Gasteiger partial charge in [-0.15, -0.1) is 0 Å². The van der Waals surface area contributed by atoms with E-state index >= 15 is 0 Å². The van der Waals surface area contributed by atoms with E-state index in [1.54, 1.807) is 6.20 Å². The van der Waals surface area contributed by atoms with Gasteiger partial charge in [0.05, 0.1) is 18.8 Å². The number of carbonyl (C=O) groups excluding carboxylic acids is 1. The van der Waals surface area contributed by atoms with Gasteiger partial charge in [0.1, 0.15) is 11.4 Å². The lowest BCUT2D eigenvalue weighted by Crippen LogP contribution is -2.21. The SMILES string of the molecule is COC(=O)c1cnc(C2CCCCC2)nc1C1CCCN1. The monoisotopic (exact) mass is 289 g/mol. The third-order valence-electron chi connectivity index (χ3n) is 4.60. The molecule has 5 nitrogen and oxygen atoms in total. The van der Waals surface area contributed by atoms with Gasteiger partial charge in [-0.05, 0) is 32.2 Å². The molecule has 3 rings (SSSR count).